The van der Waals surface area contributed by atoms with Crippen LogP contribution in [-0.4, -0.2) is 5.78 Å². The Morgan fingerprint density at radius 3 is 1.45 bits per heavy atom. The standard InChI is InChI=1S/C12H11P.C4H7O.CH3.Ni/c1-3-7-11(8-4-1)13-12-9-5-2-6-10-12;1-3-4(2)5;;/h1-10,13H;3H,1-2H3;1H3;/q;2*-1;+3. The van der Waals surface area contributed by atoms with Crippen LogP contribution in [0.15, 0.2) is 60.7 Å². The number of carbonyl (C=O) groups is 1. The molecule has 2 rings (SSSR count). The van der Waals surface area contributed by atoms with Gasteiger partial charge in [-0.05, 0) is 23.3 Å². The van der Waals surface area contributed by atoms with Gasteiger partial charge < -0.3 is 18.6 Å². The third kappa shape index (κ3) is 9.78. The van der Waals surface area contributed by atoms with Crippen LogP contribution < -0.4 is 10.6 Å². The second kappa shape index (κ2) is 12.9. The quantitative estimate of drug-likeness (QED) is 0.478. The molecule has 0 aliphatic heterocycles. The van der Waals surface area contributed by atoms with Gasteiger partial charge in [0.15, 0.2) is 0 Å². The topological polar surface area (TPSA) is 17.1 Å². The molecule has 0 saturated heterocycles. The zero-order chi connectivity index (χ0) is 13.2. The van der Waals surface area contributed by atoms with E-state index in [1.165, 1.54) is 24.0 Å². The van der Waals surface area contributed by atoms with Crippen molar-refractivity contribution in [3.8, 4) is 0 Å². The normalized spacial score (nSPS) is 8.10. The summed E-state index contributed by atoms with van der Waals surface area (Å²) in [5.41, 5.74) is 0. The van der Waals surface area contributed by atoms with Crippen LogP contribution in [0.3, 0.4) is 0 Å². The van der Waals surface area contributed by atoms with Crippen molar-refractivity contribution in [2.75, 3.05) is 0 Å². The van der Waals surface area contributed by atoms with E-state index in [0.29, 0.717) is 0 Å². The summed E-state index contributed by atoms with van der Waals surface area (Å²) < 4.78 is 0. The van der Waals surface area contributed by atoms with Gasteiger partial charge in [0, 0.05) is 0 Å². The first kappa shape index (κ1) is 21.2. The molecule has 0 spiro atoms. The molecule has 2 aromatic carbocycles. The molecule has 20 heavy (non-hydrogen) atoms. The Hall–Kier alpha value is -1.10. The van der Waals surface area contributed by atoms with Crippen LogP contribution in [0.2, 0.25) is 0 Å². The molecule has 0 atom stereocenters. The van der Waals surface area contributed by atoms with Crippen LogP contribution in [0.1, 0.15) is 13.8 Å². The van der Waals surface area contributed by atoms with Crippen molar-refractivity contribution >= 4 is 25.0 Å². The fourth-order valence-corrected chi connectivity index (χ4v) is 2.26. The summed E-state index contributed by atoms with van der Waals surface area (Å²) in [4.78, 5) is 9.76. The Morgan fingerprint density at radius 1 is 0.900 bits per heavy atom. The van der Waals surface area contributed by atoms with Crippen molar-refractivity contribution in [2.45, 2.75) is 13.8 Å². The maximum atomic E-state index is 9.76. The molecule has 0 amide bonds. The maximum absolute atomic E-state index is 9.76. The Bertz CT molecular complexity index is 419. The summed E-state index contributed by atoms with van der Waals surface area (Å²) in [6, 6.07) is 21.2. The molecule has 1 radical (unpaired) electrons. The molecule has 0 saturated carbocycles. The van der Waals surface area contributed by atoms with Crippen LogP contribution in [-0.2, 0) is 21.3 Å². The van der Waals surface area contributed by atoms with Gasteiger partial charge in [-0.25, -0.2) is 0 Å². The molecule has 0 bridgehead atoms. The average Bonchev–Trinajstić information content (AvgIpc) is 2.42. The Labute approximate surface area is 134 Å². The minimum Gasteiger partial charge on any atom is -0.358 e. The fraction of sp³-hybridized carbons (Fsp3) is 0.118. The molecule has 0 aliphatic carbocycles. The van der Waals surface area contributed by atoms with E-state index in [1.807, 2.05) is 0 Å². The SMILES string of the molecule is C[CH-]C(C)=O.[CH3-].[Ni+3].c1ccc(Pc2ccccc2)cc1. The first-order chi connectivity index (χ1) is 8.72. The summed E-state index contributed by atoms with van der Waals surface area (Å²) in [5.74, 6) is 0.130. The van der Waals surface area contributed by atoms with Gasteiger partial charge in [0.25, 0.3) is 0 Å². The zero-order valence-electron chi connectivity index (χ0n) is 12.1. The van der Waals surface area contributed by atoms with E-state index in [0.717, 1.165) is 8.58 Å². The summed E-state index contributed by atoms with van der Waals surface area (Å²) in [5, 5.41) is 2.79. The molecule has 0 fully saturated rings. The largest absolute Gasteiger partial charge is 3.00 e. The van der Waals surface area contributed by atoms with Gasteiger partial charge >= 0.3 is 16.5 Å². The third-order valence-corrected chi connectivity index (χ3v) is 3.49. The first-order valence-corrected chi connectivity index (χ1v) is 6.89. The van der Waals surface area contributed by atoms with Crippen LogP contribution >= 0.6 is 8.58 Å². The van der Waals surface area contributed by atoms with Crippen LogP contribution in [0, 0.1) is 13.8 Å². The van der Waals surface area contributed by atoms with Gasteiger partial charge in [-0.15, -0.1) is 0 Å². The van der Waals surface area contributed by atoms with Crippen molar-refractivity contribution in [2.24, 2.45) is 0 Å². The predicted molar refractivity (Wildman–Crippen MR) is 87.5 cm³/mol. The number of hydrogen-bond donors (Lipinski definition) is 0. The van der Waals surface area contributed by atoms with E-state index in [2.05, 4.69) is 60.7 Å². The number of ketones is 1. The molecule has 1 nitrogen and oxygen atoms in total. The molecule has 109 valence electrons. The smallest absolute Gasteiger partial charge is 0.358 e. The van der Waals surface area contributed by atoms with Gasteiger partial charge in [-0.1, -0.05) is 69.2 Å². The van der Waals surface area contributed by atoms with Crippen molar-refractivity contribution in [3.63, 3.8) is 0 Å². The molecule has 0 unspecified atom stereocenters. The zero-order valence-corrected chi connectivity index (χ0v) is 14.1. The van der Waals surface area contributed by atoms with E-state index in [4.69, 9.17) is 0 Å². The van der Waals surface area contributed by atoms with E-state index in [1.54, 1.807) is 6.92 Å². The first-order valence-electron chi connectivity index (χ1n) is 5.89. The van der Waals surface area contributed by atoms with Crippen LogP contribution in [0.25, 0.3) is 0 Å². The summed E-state index contributed by atoms with van der Waals surface area (Å²) in [6.45, 7) is 3.25. The molecule has 0 aliphatic rings. The van der Waals surface area contributed by atoms with Crippen LogP contribution in [0.5, 0.6) is 0 Å². The number of benzene rings is 2. The van der Waals surface area contributed by atoms with Crippen molar-refractivity contribution < 1.29 is 21.3 Å². The molecular weight excluding hydrogens is 310 g/mol. The molecular formula is C17H21NiOP+. The van der Waals surface area contributed by atoms with E-state index in [-0.39, 0.29) is 29.7 Å². The van der Waals surface area contributed by atoms with Gasteiger partial charge in [-0.3, -0.25) is 0 Å². The van der Waals surface area contributed by atoms with Crippen molar-refractivity contribution in [1.82, 2.24) is 0 Å². The second-order valence-corrected chi connectivity index (χ2v) is 5.16. The Kier molecular flexibility index (Phi) is 13.7. The molecule has 0 heterocycles. The van der Waals surface area contributed by atoms with Gasteiger partial charge in [0.1, 0.15) is 0 Å². The third-order valence-electron chi connectivity index (χ3n) is 2.24. The van der Waals surface area contributed by atoms with Gasteiger partial charge in [0.05, 0.1) is 0 Å². The van der Waals surface area contributed by atoms with Gasteiger partial charge in [0.2, 0.25) is 0 Å². The number of carbonyl (C=O) groups excluding carboxylic acids is 1. The summed E-state index contributed by atoms with van der Waals surface area (Å²) in [6.07, 6.45) is 1.53. The number of hydrogen-bond acceptors (Lipinski definition) is 1. The van der Waals surface area contributed by atoms with E-state index in [9.17, 15) is 4.79 Å². The van der Waals surface area contributed by atoms with E-state index < -0.39 is 0 Å². The predicted octanol–water partition coefficient (Wildman–Crippen LogP) is 3.56. The van der Waals surface area contributed by atoms with E-state index >= 15 is 0 Å². The average molecular weight is 331 g/mol. The second-order valence-electron chi connectivity index (χ2n) is 3.76. The Balaban J connectivity index is 0. The minimum absolute atomic E-state index is 0. The monoisotopic (exact) mass is 330 g/mol. The Morgan fingerprint density at radius 2 is 1.20 bits per heavy atom. The number of rotatable bonds is 3. The van der Waals surface area contributed by atoms with Crippen LogP contribution in [0.4, 0.5) is 0 Å². The van der Waals surface area contributed by atoms with Crippen molar-refractivity contribution in [1.29, 1.82) is 0 Å². The van der Waals surface area contributed by atoms with Gasteiger partial charge in [-0.2, -0.15) is 6.92 Å². The molecule has 0 aromatic heterocycles. The molecule has 3 heteroatoms. The molecule has 0 N–H and O–H groups in total. The minimum atomic E-state index is 0. The maximum Gasteiger partial charge on any atom is 3.00 e. The molecule has 2 aromatic rings. The van der Waals surface area contributed by atoms with Crippen molar-refractivity contribution in [3.05, 3.63) is 74.5 Å². The fourth-order valence-electron chi connectivity index (χ4n) is 1.21. The summed E-state index contributed by atoms with van der Waals surface area (Å²) >= 11 is 0. The summed E-state index contributed by atoms with van der Waals surface area (Å²) in [7, 11) is 0.777. The number of Topliss-reactive ketones (excluding diaryl/α,β-unsaturated/α-hetero) is 1.